The van der Waals surface area contributed by atoms with Crippen molar-refractivity contribution in [2.24, 2.45) is 0 Å². The molecule has 0 spiro atoms. The molecule has 0 aliphatic heterocycles. The predicted molar refractivity (Wildman–Crippen MR) is 77.8 cm³/mol. The third-order valence-corrected chi connectivity index (χ3v) is 3.72. The van der Waals surface area contributed by atoms with Crippen molar-refractivity contribution in [2.45, 2.75) is 6.18 Å². The molecule has 7 heteroatoms. The lowest BCUT2D eigenvalue weighted by Gasteiger charge is -2.05. The van der Waals surface area contributed by atoms with E-state index in [1.807, 2.05) is 0 Å². The van der Waals surface area contributed by atoms with Gasteiger partial charge in [-0.05, 0) is 35.9 Å². The zero-order chi connectivity index (χ0) is 16.2. The lowest BCUT2D eigenvalue weighted by molar-refractivity contribution is -0.135. The van der Waals surface area contributed by atoms with Gasteiger partial charge in [0, 0.05) is 15.8 Å². The van der Waals surface area contributed by atoms with Gasteiger partial charge in [-0.25, -0.2) is 4.39 Å². The highest BCUT2D eigenvalue weighted by molar-refractivity contribution is 7.16. The first-order chi connectivity index (χ1) is 10.3. The SMILES string of the molecule is O=C(/C=C/c1ccc(-c2ccc(F)cc2)s1)NCC(F)(F)F. The number of carbonyl (C=O) groups excluding carboxylic acids is 1. The van der Waals surface area contributed by atoms with Gasteiger partial charge in [0.25, 0.3) is 0 Å². The molecule has 1 aromatic heterocycles. The Morgan fingerprint density at radius 3 is 2.45 bits per heavy atom. The van der Waals surface area contributed by atoms with E-state index in [0.29, 0.717) is 4.88 Å². The van der Waals surface area contributed by atoms with Crippen LogP contribution in [0.25, 0.3) is 16.5 Å². The molecule has 1 N–H and O–H groups in total. The van der Waals surface area contributed by atoms with Crippen molar-refractivity contribution in [3.05, 3.63) is 53.2 Å². The summed E-state index contributed by atoms with van der Waals surface area (Å²) in [6, 6.07) is 9.47. The van der Waals surface area contributed by atoms with Crippen LogP contribution in [0.15, 0.2) is 42.5 Å². The number of amides is 1. The quantitative estimate of drug-likeness (QED) is 0.659. The number of benzene rings is 1. The van der Waals surface area contributed by atoms with Crippen LogP contribution in [0.3, 0.4) is 0 Å². The molecule has 116 valence electrons. The topological polar surface area (TPSA) is 29.1 Å². The predicted octanol–water partition coefficient (Wildman–Crippen LogP) is 4.25. The van der Waals surface area contributed by atoms with E-state index in [1.165, 1.54) is 29.5 Å². The van der Waals surface area contributed by atoms with E-state index < -0.39 is 18.6 Å². The lowest BCUT2D eigenvalue weighted by atomic mass is 10.2. The molecule has 0 atom stereocenters. The number of nitrogens with one attached hydrogen (secondary N) is 1. The van der Waals surface area contributed by atoms with Crippen LogP contribution in [0.5, 0.6) is 0 Å². The second-order valence-corrected chi connectivity index (χ2v) is 5.49. The summed E-state index contributed by atoms with van der Waals surface area (Å²) >= 11 is 1.35. The summed E-state index contributed by atoms with van der Waals surface area (Å²) in [6.45, 7) is -1.36. The second kappa shape index (κ2) is 6.74. The van der Waals surface area contributed by atoms with Gasteiger partial charge in [0.15, 0.2) is 0 Å². The van der Waals surface area contributed by atoms with Gasteiger partial charge in [0.05, 0.1) is 0 Å². The molecule has 0 radical (unpaired) electrons. The van der Waals surface area contributed by atoms with Crippen LogP contribution in [0, 0.1) is 5.82 Å². The van der Waals surface area contributed by atoms with E-state index in [-0.39, 0.29) is 5.82 Å². The summed E-state index contributed by atoms with van der Waals surface area (Å²) < 4.78 is 48.6. The van der Waals surface area contributed by atoms with E-state index in [4.69, 9.17) is 0 Å². The van der Waals surface area contributed by atoms with Crippen molar-refractivity contribution in [2.75, 3.05) is 6.54 Å². The van der Waals surface area contributed by atoms with Gasteiger partial charge in [-0.1, -0.05) is 12.1 Å². The minimum atomic E-state index is -4.43. The number of hydrogen-bond acceptors (Lipinski definition) is 2. The molecule has 2 nitrogen and oxygen atoms in total. The lowest BCUT2D eigenvalue weighted by Crippen LogP contribution is -2.32. The number of rotatable bonds is 4. The summed E-state index contributed by atoms with van der Waals surface area (Å²) in [6.07, 6.45) is -1.95. The smallest absolute Gasteiger partial charge is 0.343 e. The van der Waals surface area contributed by atoms with Crippen LogP contribution in [-0.4, -0.2) is 18.6 Å². The first-order valence-corrected chi connectivity index (χ1v) is 7.03. The fourth-order valence-electron chi connectivity index (χ4n) is 1.62. The summed E-state index contributed by atoms with van der Waals surface area (Å²) in [7, 11) is 0. The Morgan fingerprint density at radius 2 is 1.82 bits per heavy atom. The van der Waals surface area contributed by atoms with Gasteiger partial charge in [0.1, 0.15) is 12.4 Å². The van der Waals surface area contributed by atoms with Crippen molar-refractivity contribution in [3.8, 4) is 10.4 Å². The summed E-state index contributed by atoms with van der Waals surface area (Å²) in [5, 5.41) is 1.75. The van der Waals surface area contributed by atoms with E-state index in [9.17, 15) is 22.4 Å². The zero-order valence-corrected chi connectivity index (χ0v) is 12.0. The maximum Gasteiger partial charge on any atom is 0.405 e. The molecule has 2 aromatic rings. The number of halogens is 4. The van der Waals surface area contributed by atoms with Crippen LogP contribution in [-0.2, 0) is 4.79 Å². The van der Waals surface area contributed by atoms with Crippen LogP contribution >= 0.6 is 11.3 Å². The average Bonchev–Trinajstić information content (AvgIpc) is 2.92. The number of hydrogen-bond donors (Lipinski definition) is 1. The Labute approximate surface area is 128 Å². The Hall–Kier alpha value is -2.15. The van der Waals surface area contributed by atoms with Gasteiger partial charge in [-0.2, -0.15) is 13.2 Å². The maximum absolute atomic E-state index is 12.8. The van der Waals surface area contributed by atoms with Crippen molar-refractivity contribution in [3.63, 3.8) is 0 Å². The zero-order valence-electron chi connectivity index (χ0n) is 11.2. The van der Waals surface area contributed by atoms with Gasteiger partial charge in [0.2, 0.25) is 5.91 Å². The average molecular weight is 329 g/mol. The summed E-state index contributed by atoms with van der Waals surface area (Å²) in [5.41, 5.74) is 0.826. The highest BCUT2D eigenvalue weighted by Gasteiger charge is 2.27. The van der Waals surface area contributed by atoms with E-state index in [2.05, 4.69) is 0 Å². The largest absolute Gasteiger partial charge is 0.405 e. The molecule has 1 heterocycles. The molecule has 2 rings (SSSR count). The highest BCUT2D eigenvalue weighted by atomic mass is 32.1. The number of thiophene rings is 1. The normalized spacial score (nSPS) is 11.8. The van der Waals surface area contributed by atoms with Gasteiger partial charge in [-0.3, -0.25) is 4.79 Å². The van der Waals surface area contributed by atoms with Crippen molar-refractivity contribution in [1.82, 2.24) is 5.32 Å². The molecule has 0 aliphatic rings. The molecule has 0 saturated carbocycles. The Morgan fingerprint density at radius 1 is 1.14 bits per heavy atom. The molecular weight excluding hydrogens is 318 g/mol. The highest BCUT2D eigenvalue weighted by Crippen LogP contribution is 2.28. The molecule has 0 fully saturated rings. The van der Waals surface area contributed by atoms with Crippen LogP contribution < -0.4 is 5.32 Å². The first-order valence-electron chi connectivity index (χ1n) is 6.22. The molecule has 0 saturated heterocycles. The van der Waals surface area contributed by atoms with E-state index in [1.54, 1.807) is 29.6 Å². The monoisotopic (exact) mass is 329 g/mol. The van der Waals surface area contributed by atoms with Crippen LogP contribution in [0.2, 0.25) is 0 Å². The molecule has 0 aliphatic carbocycles. The molecular formula is C15H11F4NOS. The Balaban J connectivity index is 1.98. The van der Waals surface area contributed by atoms with Gasteiger partial charge >= 0.3 is 6.18 Å². The van der Waals surface area contributed by atoms with Crippen molar-refractivity contribution < 1.29 is 22.4 Å². The number of carbonyl (C=O) groups is 1. The van der Waals surface area contributed by atoms with Crippen LogP contribution in [0.4, 0.5) is 17.6 Å². The van der Waals surface area contributed by atoms with Crippen molar-refractivity contribution >= 4 is 23.3 Å². The molecule has 1 aromatic carbocycles. The fraction of sp³-hybridized carbons (Fsp3) is 0.133. The molecule has 0 bridgehead atoms. The van der Waals surface area contributed by atoms with Gasteiger partial charge < -0.3 is 5.32 Å². The van der Waals surface area contributed by atoms with Crippen LogP contribution in [0.1, 0.15) is 4.88 Å². The molecule has 1 amide bonds. The first kappa shape index (κ1) is 16.2. The Kier molecular flexibility index (Phi) is 4.97. The minimum Gasteiger partial charge on any atom is -0.343 e. The summed E-state index contributed by atoms with van der Waals surface area (Å²) in [4.78, 5) is 12.8. The standard InChI is InChI=1S/C15H11F4NOS/c16-11-3-1-10(2-4-11)13-7-5-12(22-13)6-8-14(21)20-9-15(17,18)19/h1-8H,9H2,(H,20,21)/b8-6+. The minimum absolute atomic E-state index is 0.332. The van der Waals surface area contributed by atoms with Gasteiger partial charge in [-0.15, -0.1) is 11.3 Å². The molecule has 0 unspecified atom stereocenters. The number of alkyl halides is 3. The Bertz CT molecular complexity index is 674. The third-order valence-electron chi connectivity index (χ3n) is 2.62. The second-order valence-electron chi connectivity index (χ2n) is 4.38. The summed E-state index contributed by atoms with van der Waals surface area (Å²) in [5.74, 6) is -1.14. The van der Waals surface area contributed by atoms with E-state index >= 15 is 0 Å². The fourth-order valence-corrected chi connectivity index (χ4v) is 2.53. The molecule has 22 heavy (non-hydrogen) atoms. The van der Waals surface area contributed by atoms with Crippen molar-refractivity contribution in [1.29, 1.82) is 0 Å². The maximum atomic E-state index is 12.8. The third kappa shape index (κ3) is 5.00. The van der Waals surface area contributed by atoms with E-state index in [0.717, 1.165) is 16.5 Å².